The standard InChI is InChI=1S/C19H27N3O3/c1-19(2,13-23)6-3-7-20-11-15-12-21-22-18(15)14-4-5-16-17(10-14)25-9-8-24-16/h4-5,10,12,20,23H,3,6-9,11,13H2,1-2H3,(H,21,22). The van der Waals surface area contributed by atoms with Gasteiger partial charge in [-0.05, 0) is 43.0 Å². The number of nitrogens with one attached hydrogen (secondary N) is 2. The molecule has 0 saturated carbocycles. The molecule has 0 fully saturated rings. The van der Waals surface area contributed by atoms with Crippen molar-refractivity contribution in [3.8, 4) is 22.8 Å². The number of benzene rings is 1. The molecule has 0 atom stereocenters. The minimum atomic E-state index is -0.00627. The van der Waals surface area contributed by atoms with Crippen molar-refractivity contribution in [1.29, 1.82) is 0 Å². The van der Waals surface area contributed by atoms with Crippen LogP contribution in [0.4, 0.5) is 0 Å². The van der Waals surface area contributed by atoms with E-state index in [-0.39, 0.29) is 12.0 Å². The molecule has 25 heavy (non-hydrogen) atoms. The molecular formula is C19H27N3O3. The molecular weight excluding hydrogens is 318 g/mol. The summed E-state index contributed by atoms with van der Waals surface area (Å²) >= 11 is 0. The van der Waals surface area contributed by atoms with Gasteiger partial charge in [-0.25, -0.2) is 0 Å². The molecule has 1 aromatic carbocycles. The fourth-order valence-corrected chi connectivity index (χ4v) is 2.89. The van der Waals surface area contributed by atoms with Gasteiger partial charge in [0.15, 0.2) is 11.5 Å². The molecule has 1 aliphatic heterocycles. The Morgan fingerprint density at radius 1 is 1.24 bits per heavy atom. The van der Waals surface area contributed by atoms with Gasteiger partial charge in [-0.1, -0.05) is 13.8 Å². The summed E-state index contributed by atoms with van der Waals surface area (Å²) < 4.78 is 11.2. The van der Waals surface area contributed by atoms with Gasteiger partial charge in [-0.15, -0.1) is 0 Å². The van der Waals surface area contributed by atoms with Crippen molar-refractivity contribution in [2.75, 3.05) is 26.4 Å². The molecule has 0 spiro atoms. The highest BCUT2D eigenvalue weighted by Crippen LogP contribution is 2.34. The molecule has 3 N–H and O–H groups in total. The zero-order valence-corrected chi connectivity index (χ0v) is 15.0. The Balaban J connectivity index is 1.58. The average molecular weight is 345 g/mol. The van der Waals surface area contributed by atoms with E-state index >= 15 is 0 Å². The second kappa shape index (κ2) is 7.89. The molecule has 0 amide bonds. The molecule has 2 heterocycles. The second-order valence-electron chi connectivity index (χ2n) is 7.23. The number of aromatic amines is 1. The summed E-state index contributed by atoms with van der Waals surface area (Å²) in [5.74, 6) is 1.57. The van der Waals surface area contributed by atoms with E-state index in [1.807, 2.05) is 24.4 Å². The molecule has 2 aromatic rings. The number of hydrogen-bond acceptors (Lipinski definition) is 5. The monoisotopic (exact) mass is 345 g/mol. The maximum absolute atomic E-state index is 9.30. The van der Waals surface area contributed by atoms with Crippen LogP contribution in [0.3, 0.4) is 0 Å². The van der Waals surface area contributed by atoms with Crippen LogP contribution in [0.1, 0.15) is 32.3 Å². The quantitative estimate of drug-likeness (QED) is 0.641. The minimum absolute atomic E-state index is 0.00627. The van der Waals surface area contributed by atoms with E-state index < -0.39 is 0 Å². The number of aliphatic hydroxyl groups is 1. The summed E-state index contributed by atoms with van der Waals surface area (Å²) in [6, 6.07) is 5.96. The summed E-state index contributed by atoms with van der Waals surface area (Å²) in [7, 11) is 0. The highest BCUT2D eigenvalue weighted by atomic mass is 16.6. The van der Waals surface area contributed by atoms with Crippen molar-refractivity contribution in [2.24, 2.45) is 5.41 Å². The Labute approximate surface area is 148 Å². The van der Waals surface area contributed by atoms with E-state index in [0.29, 0.717) is 13.2 Å². The summed E-state index contributed by atoms with van der Waals surface area (Å²) in [4.78, 5) is 0. The average Bonchev–Trinajstić information content (AvgIpc) is 3.09. The lowest BCUT2D eigenvalue weighted by Crippen LogP contribution is -2.21. The van der Waals surface area contributed by atoms with E-state index in [9.17, 15) is 5.11 Å². The van der Waals surface area contributed by atoms with Crippen LogP contribution in [-0.2, 0) is 6.54 Å². The SMILES string of the molecule is CC(C)(CO)CCCNCc1cn[nH]c1-c1ccc2c(c1)OCCO2. The van der Waals surface area contributed by atoms with Crippen LogP contribution in [0.5, 0.6) is 11.5 Å². The van der Waals surface area contributed by atoms with Gasteiger partial charge in [-0.3, -0.25) is 5.10 Å². The molecule has 6 nitrogen and oxygen atoms in total. The van der Waals surface area contributed by atoms with E-state index in [1.165, 1.54) is 0 Å². The summed E-state index contributed by atoms with van der Waals surface area (Å²) in [6.45, 7) is 7.24. The molecule has 6 heteroatoms. The summed E-state index contributed by atoms with van der Waals surface area (Å²) in [5.41, 5.74) is 3.16. The van der Waals surface area contributed by atoms with Gasteiger partial charge in [0, 0.05) is 24.3 Å². The Hall–Kier alpha value is -2.05. The Morgan fingerprint density at radius 2 is 2.04 bits per heavy atom. The Kier molecular flexibility index (Phi) is 5.60. The van der Waals surface area contributed by atoms with E-state index in [1.54, 1.807) is 0 Å². The number of nitrogens with zero attached hydrogens (tertiary/aromatic N) is 1. The summed E-state index contributed by atoms with van der Waals surface area (Å²) in [5, 5.41) is 20.0. The normalized spacial score (nSPS) is 13.9. The molecule has 0 aliphatic carbocycles. The number of rotatable bonds is 8. The number of H-pyrrole nitrogens is 1. The minimum Gasteiger partial charge on any atom is -0.486 e. The zero-order valence-electron chi connectivity index (χ0n) is 15.0. The van der Waals surface area contributed by atoms with E-state index in [2.05, 4.69) is 29.4 Å². The molecule has 136 valence electrons. The highest BCUT2D eigenvalue weighted by molar-refractivity contribution is 5.66. The maximum Gasteiger partial charge on any atom is 0.162 e. The third-order valence-corrected chi connectivity index (χ3v) is 4.50. The summed E-state index contributed by atoms with van der Waals surface area (Å²) in [6.07, 6.45) is 3.89. The first-order chi connectivity index (χ1) is 12.1. The first-order valence-corrected chi connectivity index (χ1v) is 8.83. The second-order valence-corrected chi connectivity index (χ2v) is 7.23. The Bertz CT molecular complexity index is 697. The smallest absolute Gasteiger partial charge is 0.162 e. The van der Waals surface area contributed by atoms with Crippen LogP contribution >= 0.6 is 0 Å². The van der Waals surface area contributed by atoms with Crippen molar-refractivity contribution in [2.45, 2.75) is 33.2 Å². The fourth-order valence-electron chi connectivity index (χ4n) is 2.89. The van der Waals surface area contributed by atoms with Gasteiger partial charge < -0.3 is 19.9 Å². The van der Waals surface area contributed by atoms with Crippen molar-refractivity contribution >= 4 is 0 Å². The first-order valence-electron chi connectivity index (χ1n) is 8.83. The van der Waals surface area contributed by atoms with Gasteiger partial charge in [-0.2, -0.15) is 5.10 Å². The van der Waals surface area contributed by atoms with Crippen LogP contribution in [-0.4, -0.2) is 41.7 Å². The molecule has 0 unspecified atom stereocenters. The van der Waals surface area contributed by atoms with Crippen molar-refractivity contribution in [3.05, 3.63) is 30.0 Å². The molecule has 3 rings (SSSR count). The van der Waals surface area contributed by atoms with E-state index in [4.69, 9.17) is 9.47 Å². The van der Waals surface area contributed by atoms with Crippen LogP contribution in [0.25, 0.3) is 11.3 Å². The number of hydrogen-bond donors (Lipinski definition) is 3. The largest absolute Gasteiger partial charge is 0.486 e. The lowest BCUT2D eigenvalue weighted by molar-refractivity contribution is 0.148. The molecule has 1 aromatic heterocycles. The lowest BCUT2D eigenvalue weighted by Gasteiger charge is -2.21. The molecule has 0 radical (unpaired) electrons. The van der Waals surface area contributed by atoms with Gasteiger partial charge >= 0.3 is 0 Å². The zero-order chi connectivity index (χ0) is 17.7. The van der Waals surface area contributed by atoms with Gasteiger partial charge in [0.1, 0.15) is 13.2 Å². The molecule has 0 bridgehead atoms. The van der Waals surface area contributed by atoms with Crippen LogP contribution in [0, 0.1) is 5.41 Å². The lowest BCUT2D eigenvalue weighted by atomic mass is 9.89. The fraction of sp³-hybridized carbons (Fsp3) is 0.526. The number of ether oxygens (including phenoxy) is 2. The first kappa shape index (κ1) is 17.8. The van der Waals surface area contributed by atoms with Crippen LogP contribution < -0.4 is 14.8 Å². The van der Waals surface area contributed by atoms with Crippen LogP contribution in [0.15, 0.2) is 24.4 Å². The van der Waals surface area contributed by atoms with E-state index in [0.717, 1.165) is 54.3 Å². The third-order valence-electron chi connectivity index (χ3n) is 4.50. The van der Waals surface area contributed by atoms with Crippen molar-refractivity contribution in [1.82, 2.24) is 15.5 Å². The van der Waals surface area contributed by atoms with Crippen molar-refractivity contribution in [3.63, 3.8) is 0 Å². The molecule has 1 aliphatic rings. The third kappa shape index (κ3) is 4.52. The van der Waals surface area contributed by atoms with Crippen LogP contribution in [0.2, 0.25) is 0 Å². The highest BCUT2D eigenvalue weighted by Gasteiger charge is 2.16. The predicted octanol–water partition coefficient (Wildman–Crippen LogP) is 2.74. The predicted molar refractivity (Wildman–Crippen MR) is 96.8 cm³/mol. The molecule has 0 saturated heterocycles. The topological polar surface area (TPSA) is 79.4 Å². The number of fused-ring (bicyclic) bond motifs is 1. The van der Waals surface area contributed by atoms with Gasteiger partial charge in [0.2, 0.25) is 0 Å². The number of aliphatic hydroxyl groups excluding tert-OH is 1. The maximum atomic E-state index is 9.30. The van der Waals surface area contributed by atoms with Gasteiger partial charge in [0.05, 0.1) is 11.9 Å². The van der Waals surface area contributed by atoms with Gasteiger partial charge in [0.25, 0.3) is 0 Å². The Morgan fingerprint density at radius 3 is 2.84 bits per heavy atom. The number of aromatic nitrogens is 2. The van der Waals surface area contributed by atoms with Crippen molar-refractivity contribution < 1.29 is 14.6 Å².